The van der Waals surface area contributed by atoms with E-state index in [0.717, 1.165) is 0 Å². The molecule has 1 aliphatic heterocycles. The third kappa shape index (κ3) is 5.84. The van der Waals surface area contributed by atoms with Crippen LogP contribution in [-0.2, 0) is 16.0 Å². The van der Waals surface area contributed by atoms with Crippen molar-refractivity contribution in [2.75, 3.05) is 0 Å². The van der Waals surface area contributed by atoms with Gasteiger partial charge < -0.3 is 19.6 Å². The molecular weight excluding hydrogens is 467 g/mol. The number of aromatic nitrogens is 2. The summed E-state index contributed by atoms with van der Waals surface area (Å²) in [7, 11) is 0. The standard InChI is InChI=1S/C21H21ClF3N3O5/c1-10(26-19(30)17-9-15(29)14-8-12(22)3-4-16(14)31-17)2-5-18-27-28-20(32-18)11-6-13(7-11)33-21(23,24)25/h3-4,8,11,13,15,17,29H,1-2,5-7,9H2,(H,26,30)/t11?,13?,15-,17-/m1/s1. The van der Waals surface area contributed by atoms with E-state index < -0.39 is 30.6 Å². The van der Waals surface area contributed by atoms with Crippen LogP contribution in [0.4, 0.5) is 13.2 Å². The summed E-state index contributed by atoms with van der Waals surface area (Å²) >= 11 is 5.93. The van der Waals surface area contributed by atoms with Gasteiger partial charge in [0.2, 0.25) is 11.8 Å². The maximum atomic E-state index is 12.5. The molecule has 1 saturated carbocycles. The molecule has 1 fully saturated rings. The summed E-state index contributed by atoms with van der Waals surface area (Å²) in [6.45, 7) is 3.81. The predicted molar refractivity (Wildman–Crippen MR) is 108 cm³/mol. The summed E-state index contributed by atoms with van der Waals surface area (Å²) in [5.41, 5.74) is 0.919. The zero-order valence-corrected chi connectivity index (χ0v) is 18.0. The topological polar surface area (TPSA) is 107 Å². The van der Waals surface area contributed by atoms with Gasteiger partial charge in [-0.05, 0) is 37.5 Å². The van der Waals surface area contributed by atoms with Crippen molar-refractivity contribution in [3.8, 4) is 5.75 Å². The minimum atomic E-state index is -4.65. The molecule has 1 aromatic heterocycles. The van der Waals surface area contributed by atoms with Crippen molar-refractivity contribution in [2.45, 2.75) is 62.7 Å². The van der Waals surface area contributed by atoms with E-state index in [1.54, 1.807) is 18.2 Å². The molecule has 178 valence electrons. The lowest BCUT2D eigenvalue weighted by Crippen LogP contribution is -2.41. The maximum absolute atomic E-state index is 12.5. The van der Waals surface area contributed by atoms with Crippen LogP contribution in [0, 0.1) is 0 Å². The second-order valence-electron chi connectivity index (χ2n) is 8.02. The molecule has 2 aromatic rings. The van der Waals surface area contributed by atoms with E-state index in [1.165, 1.54) is 0 Å². The van der Waals surface area contributed by atoms with Crippen LogP contribution in [0.2, 0.25) is 5.02 Å². The Labute approximate surface area is 191 Å². The molecule has 1 aliphatic carbocycles. The van der Waals surface area contributed by atoms with Gasteiger partial charge in [0.15, 0.2) is 6.10 Å². The number of allylic oxidation sites excluding steroid dienone is 1. The molecule has 8 nitrogen and oxygen atoms in total. The lowest BCUT2D eigenvalue weighted by atomic mass is 9.82. The van der Waals surface area contributed by atoms with Gasteiger partial charge in [0.25, 0.3) is 5.91 Å². The van der Waals surface area contributed by atoms with Gasteiger partial charge in [0, 0.05) is 35.0 Å². The third-order valence-corrected chi connectivity index (χ3v) is 5.73. The largest absolute Gasteiger partial charge is 0.522 e. The van der Waals surface area contributed by atoms with Crippen LogP contribution in [0.1, 0.15) is 55.1 Å². The first-order valence-corrected chi connectivity index (χ1v) is 10.6. The van der Waals surface area contributed by atoms with Gasteiger partial charge in [0.1, 0.15) is 5.75 Å². The average molecular weight is 488 g/mol. The number of carbonyl (C=O) groups excluding carboxylic acids is 1. The first-order chi connectivity index (χ1) is 15.6. The number of nitrogens with zero attached hydrogens (tertiary/aromatic N) is 2. The predicted octanol–water partition coefficient (Wildman–Crippen LogP) is 3.95. The van der Waals surface area contributed by atoms with Gasteiger partial charge in [-0.2, -0.15) is 0 Å². The summed E-state index contributed by atoms with van der Waals surface area (Å²) in [5.74, 6) is 0.229. The molecule has 12 heteroatoms. The van der Waals surface area contributed by atoms with Crippen LogP contribution in [0.25, 0.3) is 0 Å². The van der Waals surface area contributed by atoms with Crippen molar-refractivity contribution in [1.82, 2.24) is 15.5 Å². The van der Waals surface area contributed by atoms with E-state index in [1.807, 2.05) is 0 Å². The summed E-state index contributed by atoms with van der Waals surface area (Å²) in [4.78, 5) is 12.5. The van der Waals surface area contributed by atoms with Crippen LogP contribution in [0.3, 0.4) is 0 Å². The molecule has 2 N–H and O–H groups in total. The molecular formula is C21H21ClF3N3O5. The SMILES string of the molecule is C=C(CCc1nnc(C2CC(OC(F)(F)F)C2)o1)NC(=O)[C@H]1C[C@@H](O)c2cc(Cl)ccc2O1. The highest BCUT2D eigenvalue weighted by atomic mass is 35.5. The fraction of sp³-hybridized carbons (Fsp3) is 0.476. The molecule has 2 atom stereocenters. The van der Waals surface area contributed by atoms with E-state index in [-0.39, 0.29) is 43.4 Å². The van der Waals surface area contributed by atoms with Crippen LogP contribution in [0.5, 0.6) is 5.75 Å². The Morgan fingerprint density at radius 3 is 2.79 bits per heavy atom. The Kier molecular flexibility index (Phi) is 6.64. The minimum absolute atomic E-state index is 0.0694. The van der Waals surface area contributed by atoms with Crippen LogP contribution in [0.15, 0.2) is 34.9 Å². The molecule has 0 bridgehead atoms. The van der Waals surface area contributed by atoms with E-state index in [9.17, 15) is 23.1 Å². The number of amides is 1. The zero-order chi connectivity index (χ0) is 23.8. The lowest BCUT2D eigenvalue weighted by Gasteiger charge is -2.32. The molecule has 0 unspecified atom stereocenters. The minimum Gasteiger partial charge on any atom is -0.480 e. The highest BCUT2D eigenvalue weighted by Gasteiger charge is 2.42. The van der Waals surface area contributed by atoms with E-state index in [0.29, 0.717) is 28.5 Å². The second-order valence-corrected chi connectivity index (χ2v) is 8.46. The third-order valence-electron chi connectivity index (χ3n) is 5.50. The number of aliphatic hydroxyl groups excluding tert-OH is 1. The number of ether oxygens (including phenoxy) is 2. The zero-order valence-electron chi connectivity index (χ0n) is 17.3. The second kappa shape index (κ2) is 9.32. The normalized spacial score (nSPS) is 24.4. The van der Waals surface area contributed by atoms with Crippen LogP contribution >= 0.6 is 11.6 Å². The molecule has 1 aromatic carbocycles. The molecule has 2 aliphatic rings. The van der Waals surface area contributed by atoms with Gasteiger partial charge in [-0.25, -0.2) is 0 Å². The number of benzene rings is 1. The molecule has 0 radical (unpaired) electrons. The Morgan fingerprint density at radius 1 is 1.30 bits per heavy atom. The van der Waals surface area contributed by atoms with Crippen molar-refractivity contribution < 1.29 is 37.0 Å². The van der Waals surface area contributed by atoms with Gasteiger partial charge >= 0.3 is 6.36 Å². The molecule has 33 heavy (non-hydrogen) atoms. The molecule has 0 spiro atoms. The first-order valence-electron chi connectivity index (χ1n) is 10.3. The number of aliphatic hydroxyl groups is 1. The Balaban J connectivity index is 1.23. The Bertz CT molecular complexity index is 1040. The monoisotopic (exact) mass is 487 g/mol. The highest BCUT2D eigenvalue weighted by molar-refractivity contribution is 6.30. The summed E-state index contributed by atoms with van der Waals surface area (Å²) < 4.78 is 51.8. The van der Waals surface area contributed by atoms with Crippen molar-refractivity contribution in [2.24, 2.45) is 0 Å². The van der Waals surface area contributed by atoms with Gasteiger partial charge in [0.05, 0.1) is 12.2 Å². The van der Waals surface area contributed by atoms with Crippen molar-refractivity contribution >= 4 is 17.5 Å². The average Bonchev–Trinajstić information content (AvgIpc) is 3.17. The molecule has 0 saturated heterocycles. The number of carbonyl (C=O) groups is 1. The summed E-state index contributed by atoms with van der Waals surface area (Å²) in [6.07, 6.45) is -6.36. The quantitative estimate of drug-likeness (QED) is 0.609. The van der Waals surface area contributed by atoms with Crippen molar-refractivity contribution in [3.63, 3.8) is 0 Å². The molecule has 1 amide bonds. The van der Waals surface area contributed by atoms with E-state index in [2.05, 4.69) is 26.8 Å². The van der Waals surface area contributed by atoms with Crippen LogP contribution in [-0.4, -0.2) is 39.8 Å². The number of fused-ring (bicyclic) bond motifs is 1. The fourth-order valence-electron chi connectivity index (χ4n) is 3.74. The number of halogens is 4. The van der Waals surface area contributed by atoms with Gasteiger partial charge in [-0.3, -0.25) is 9.53 Å². The number of hydrogen-bond acceptors (Lipinski definition) is 7. The number of rotatable bonds is 7. The fourth-order valence-corrected chi connectivity index (χ4v) is 3.92. The van der Waals surface area contributed by atoms with Crippen molar-refractivity contribution in [1.29, 1.82) is 0 Å². The highest BCUT2D eigenvalue weighted by Crippen LogP contribution is 2.41. The van der Waals surface area contributed by atoms with Gasteiger partial charge in [-0.1, -0.05) is 18.2 Å². The number of aryl methyl sites for hydroxylation is 1. The number of nitrogens with one attached hydrogen (secondary N) is 1. The maximum Gasteiger partial charge on any atom is 0.522 e. The molecule has 2 heterocycles. The van der Waals surface area contributed by atoms with E-state index >= 15 is 0 Å². The first kappa shape index (κ1) is 23.5. The number of hydrogen-bond donors (Lipinski definition) is 2. The van der Waals surface area contributed by atoms with Gasteiger partial charge in [-0.15, -0.1) is 23.4 Å². The summed E-state index contributed by atoms with van der Waals surface area (Å²) in [5, 5.41) is 21.2. The van der Waals surface area contributed by atoms with Crippen molar-refractivity contribution in [3.05, 3.63) is 52.8 Å². The van der Waals surface area contributed by atoms with E-state index in [4.69, 9.17) is 20.8 Å². The molecule has 4 rings (SSSR count). The van der Waals surface area contributed by atoms with Crippen LogP contribution < -0.4 is 10.1 Å². The lowest BCUT2D eigenvalue weighted by molar-refractivity contribution is -0.352. The summed E-state index contributed by atoms with van der Waals surface area (Å²) in [6, 6.07) is 4.81. The smallest absolute Gasteiger partial charge is 0.480 e. The Morgan fingerprint density at radius 2 is 2.06 bits per heavy atom. The Hall–Kier alpha value is -2.63. The number of alkyl halides is 3.